The number of benzene rings is 2. The second-order valence-electron chi connectivity index (χ2n) is 5.45. The van der Waals surface area contributed by atoms with Gasteiger partial charge in [-0.1, -0.05) is 41.9 Å². The molecule has 0 fully saturated rings. The van der Waals surface area contributed by atoms with Gasteiger partial charge < -0.3 is 10.2 Å². The molecule has 0 saturated heterocycles. The van der Waals surface area contributed by atoms with E-state index in [0.29, 0.717) is 17.1 Å². The number of ketones is 1. The number of hydrogen-bond acceptors (Lipinski definition) is 3. The number of rotatable bonds is 7. The Kier molecular flexibility index (Phi) is 6.13. The summed E-state index contributed by atoms with van der Waals surface area (Å²) >= 11 is 5.83. The van der Waals surface area contributed by atoms with Crippen molar-refractivity contribution in [2.45, 2.75) is 6.04 Å². The van der Waals surface area contributed by atoms with E-state index < -0.39 is 0 Å². The van der Waals surface area contributed by atoms with Crippen LogP contribution in [-0.4, -0.2) is 37.9 Å². The molecule has 0 aliphatic heterocycles. The molecule has 0 amide bonds. The van der Waals surface area contributed by atoms with E-state index in [1.54, 1.807) is 24.3 Å². The molecule has 1 unspecified atom stereocenters. The predicted octanol–water partition coefficient (Wildman–Crippen LogP) is 3.42. The fraction of sp³-hybridized carbons (Fsp3) is 0.278. The third kappa shape index (κ3) is 4.67. The first kappa shape index (κ1) is 16.7. The minimum Gasteiger partial charge on any atom is -0.308 e. The molecular weight excluding hydrogens is 296 g/mol. The zero-order valence-corrected chi connectivity index (χ0v) is 13.7. The van der Waals surface area contributed by atoms with Crippen LogP contribution in [0.5, 0.6) is 0 Å². The van der Waals surface area contributed by atoms with Crippen LogP contribution in [0, 0.1) is 0 Å². The first-order valence-corrected chi connectivity index (χ1v) is 7.66. The SMILES string of the molecule is CN(C)C(CNCC(=O)c1ccc(Cl)cc1)c1ccccc1. The standard InChI is InChI=1S/C18H21ClN2O/c1-21(2)17(14-6-4-3-5-7-14)12-20-13-18(22)15-8-10-16(19)11-9-15/h3-11,17,20H,12-13H2,1-2H3. The number of likely N-dealkylation sites (N-methyl/N-ethyl adjacent to an activating group) is 1. The maximum absolute atomic E-state index is 12.1. The van der Waals surface area contributed by atoms with Crippen molar-refractivity contribution < 1.29 is 4.79 Å². The van der Waals surface area contributed by atoms with Gasteiger partial charge in [-0.2, -0.15) is 0 Å². The lowest BCUT2D eigenvalue weighted by Crippen LogP contribution is -2.33. The minimum atomic E-state index is 0.0715. The molecule has 2 aromatic rings. The van der Waals surface area contributed by atoms with Gasteiger partial charge in [-0.3, -0.25) is 4.79 Å². The first-order chi connectivity index (χ1) is 10.6. The van der Waals surface area contributed by atoms with E-state index in [9.17, 15) is 4.79 Å². The summed E-state index contributed by atoms with van der Waals surface area (Å²) in [7, 11) is 4.08. The Hall–Kier alpha value is -1.68. The number of carbonyl (C=O) groups is 1. The van der Waals surface area contributed by atoms with Gasteiger partial charge in [-0.05, 0) is 43.9 Å². The van der Waals surface area contributed by atoms with Gasteiger partial charge in [0, 0.05) is 23.2 Å². The van der Waals surface area contributed by atoms with Crippen LogP contribution in [0.3, 0.4) is 0 Å². The summed E-state index contributed by atoms with van der Waals surface area (Å²) in [6, 6.07) is 17.5. The molecule has 22 heavy (non-hydrogen) atoms. The van der Waals surface area contributed by atoms with E-state index in [1.165, 1.54) is 5.56 Å². The number of halogens is 1. The third-order valence-electron chi connectivity index (χ3n) is 3.60. The highest BCUT2D eigenvalue weighted by atomic mass is 35.5. The van der Waals surface area contributed by atoms with Crippen molar-refractivity contribution in [2.75, 3.05) is 27.2 Å². The highest BCUT2D eigenvalue weighted by Crippen LogP contribution is 2.16. The molecule has 0 saturated carbocycles. The number of Topliss-reactive ketones (excluding diaryl/α,β-unsaturated/α-hetero) is 1. The van der Waals surface area contributed by atoms with E-state index in [0.717, 1.165) is 6.54 Å². The average Bonchev–Trinajstić information content (AvgIpc) is 2.52. The summed E-state index contributed by atoms with van der Waals surface area (Å²) in [4.78, 5) is 14.3. The molecule has 2 rings (SSSR count). The van der Waals surface area contributed by atoms with Crippen LogP contribution in [-0.2, 0) is 0 Å². The van der Waals surface area contributed by atoms with Crippen molar-refractivity contribution in [3.05, 3.63) is 70.7 Å². The quantitative estimate of drug-likeness (QED) is 0.794. The minimum absolute atomic E-state index is 0.0715. The number of hydrogen-bond donors (Lipinski definition) is 1. The normalized spacial score (nSPS) is 12.4. The van der Waals surface area contributed by atoms with Crippen LogP contribution in [0.15, 0.2) is 54.6 Å². The van der Waals surface area contributed by atoms with Crippen LogP contribution in [0.4, 0.5) is 0 Å². The molecule has 1 atom stereocenters. The summed E-state index contributed by atoms with van der Waals surface area (Å²) < 4.78 is 0. The Morgan fingerprint density at radius 1 is 1.09 bits per heavy atom. The van der Waals surface area contributed by atoms with Gasteiger partial charge >= 0.3 is 0 Å². The number of nitrogens with one attached hydrogen (secondary N) is 1. The molecule has 116 valence electrons. The van der Waals surface area contributed by atoms with E-state index >= 15 is 0 Å². The van der Waals surface area contributed by atoms with Crippen molar-refractivity contribution in [1.82, 2.24) is 10.2 Å². The zero-order valence-electron chi connectivity index (χ0n) is 12.9. The molecule has 0 bridgehead atoms. The summed E-state index contributed by atoms with van der Waals surface area (Å²) in [5.41, 5.74) is 1.91. The Balaban J connectivity index is 1.91. The second-order valence-corrected chi connectivity index (χ2v) is 5.89. The maximum atomic E-state index is 12.1. The Morgan fingerprint density at radius 2 is 1.73 bits per heavy atom. The van der Waals surface area contributed by atoms with E-state index in [4.69, 9.17) is 11.6 Å². The maximum Gasteiger partial charge on any atom is 0.176 e. The number of carbonyl (C=O) groups excluding carboxylic acids is 1. The van der Waals surface area contributed by atoms with Crippen molar-refractivity contribution in [2.24, 2.45) is 0 Å². The monoisotopic (exact) mass is 316 g/mol. The van der Waals surface area contributed by atoms with Crippen molar-refractivity contribution in [3.8, 4) is 0 Å². The van der Waals surface area contributed by atoms with Gasteiger partial charge in [0.15, 0.2) is 5.78 Å². The van der Waals surface area contributed by atoms with Crippen molar-refractivity contribution in [1.29, 1.82) is 0 Å². The molecular formula is C18H21ClN2O. The predicted molar refractivity (Wildman–Crippen MR) is 91.5 cm³/mol. The fourth-order valence-corrected chi connectivity index (χ4v) is 2.46. The van der Waals surface area contributed by atoms with Crippen LogP contribution >= 0.6 is 11.6 Å². The van der Waals surface area contributed by atoms with Crippen LogP contribution in [0.25, 0.3) is 0 Å². The van der Waals surface area contributed by atoms with Gasteiger partial charge in [-0.15, -0.1) is 0 Å². The third-order valence-corrected chi connectivity index (χ3v) is 3.85. The highest BCUT2D eigenvalue weighted by Gasteiger charge is 2.14. The molecule has 0 aliphatic rings. The zero-order chi connectivity index (χ0) is 15.9. The summed E-state index contributed by atoms with van der Waals surface area (Å²) in [6.45, 7) is 1.04. The van der Waals surface area contributed by atoms with Crippen LogP contribution < -0.4 is 5.32 Å². The molecule has 0 heterocycles. The smallest absolute Gasteiger partial charge is 0.176 e. The summed E-state index contributed by atoms with van der Waals surface area (Å²) in [5.74, 6) is 0.0715. The fourth-order valence-electron chi connectivity index (χ4n) is 2.33. The van der Waals surface area contributed by atoms with Crippen LogP contribution in [0.1, 0.15) is 22.0 Å². The average molecular weight is 317 g/mol. The molecule has 2 aromatic carbocycles. The lowest BCUT2D eigenvalue weighted by Gasteiger charge is -2.25. The summed E-state index contributed by atoms with van der Waals surface area (Å²) in [5, 5.41) is 3.89. The molecule has 0 aliphatic carbocycles. The molecule has 3 nitrogen and oxygen atoms in total. The highest BCUT2D eigenvalue weighted by molar-refractivity contribution is 6.30. The molecule has 1 N–H and O–H groups in total. The van der Waals surface area contributed by atoms with E-state index in [1.807, 2.05) is 32.3 Å². The second kappa shape index (κ2) is 8.08. The van der Waals surface area contributed by atoms with Gasteiger partial charge in [0.25, 0.3) is 0 Å². The van der Waals surface area contributed by atoms with E-state index in [2.05, 4.69) is 22.3 Å². The Labute approximate surface area is 136 Å². The molecule has 4 heteroatoms. The molecule has 0 radical (unpaired) electrons. The van der Waals surface area contributed by atoms with Crippen LogP contribution in [0.2, 0.25) is 5.02 Å². The van der Waals surface area contributed by atoms with Gasteiger partial charge in [0.05, 0.1) is 6.54 Å². The molecule has 0 aromatic heterocycles. The first-order valence-electron chi connectivity index (χ1n) is 7.29. The lowest BCUT2D eigenvalue weighted by molar-refractivity contribution is 0.0988. The van der Waals surface area contributed by atoms with E-state index in [-0.39, 0.29) is 11.8 Å². The topological polar surface area (TPSA) is 32.3 Å². The summed E-state index contributed by atoms with van der Waals surface area (Å²) in [6.07, 6.45) is 0. The molecule has 0 spiro atoms. The number of nitrogens with zero attached hydrogens (tertiary/aromatic N) is 1. The van der Waals surface area contributed by atoms with Gasteiger partial charge in [0.2, 0.25) is 0 Å². The Bertz CT molecular complexity index is 596. The Morgan fingerprint density at radius 3 is 2.32 bits per heavy atom. The van der Waals surface area contributed by atoms with Crippen molar-refractivity contribution in [3.63, 3.8) is 0 Å². The largest absolute Gasteiger partial charge is 0.308 e. The van der Waals surface area contributed by atoms with Gasteiger partial charge in [-0.25, -0.2) is 0 Å². The lowest BCUT2D eigenvalue weighted by atomic mass is 10.1. The van der Waals surface area contributed by atoms with Gasteiger partial charge in [0.1, 0.15) is 0 Å². The van der Waals surface area contributed by atoms with Crippen molar-refractivity contribution >= 4 is 17.4 Å².